The third-order valence-corrected chi connectivity index (χ3v) is 4.54. The van der Waals surface area contributed by atoms with Gasteiger partial charge in [0.25, 0.3) is 0 Å². The van der Waals surface area contributed by atoms with Crippen LogP contribution in [0.2, 0.25) is 0 Å². The van der Waals surface area contributed by atoms with Gasteiger partial charge in [-0.2, -0.15) is 0 Å². The molecule has 2 heterocycles. The Morgan fingerprint density at radius 1 is 1.15 bits per heavy atom. The molecule has 0 N–H and O–H groups in total. The Bertz CT molecular complexity index is 803. The maximum absolute atomic E-state index is 11.6. The maximum Gasteiger partial charge on any atom is 0.195 e. The molecule has 0 saturated heterocycles. The molecule has 0 bridgehead atoms. The molecule has 0 saturated carbocycles. The summed E-state index contributed by atoms with van der Waals surface area (Å²) in [5.74, 6) is 0. The highest BCUT2D eigenvalue weighted by Crippen LogP contribution is 2.32. The Kier molecular flexibility index (Phi) is 2.98. The van der Waals surface area contributed by atoms with Gasteiger partial charge in [0.1, 0.15) is 11.4 Å². The number of imidazole rings is 1. The van der Waals surface area contributed by atoms with Gasteiger partial charge in [-0.05, 0) is 38.8 Å². The lowest BCUT2D eigenvalue weighted by Crippen LogP contribution is -1.96. The second-order valence-corrected chi connectivity index (χ2v) is 6.07. The topological polar surface area (TPSA) is 34.4 Å². The summed E-state index contributed by atoms with van der Waals surface area (Å²) in [5.41, 5.74) is 7.12. The van der Waals surface area contributed by atoms with Crippen LogP contribution in [-0.4, -0.2) is 15.7 Å². The highest BCUT2D eigenvalue weighted by molar-refractivity contribution is 7.15. The Balaban J connectivity index is 2.38. The van der Waals surface area contributed by atoms with Crippen molar-refractivity contribution in [3.05, 3.63) is 45.6 Å². The molecule has 0 fully saturated rings. The molecule has 3 aromatic rings. The van der Waals surface area contributed by atoms with Crippen LogP contribution in [0.3, 0.4) is 0 Å². The second-order valence-electron chi connectivity index (χ2n) is 5.23. The summed E-state index contributed by atoms with van der Waals surface area (Å²) in [6, 6.07) is 4.27. The van der Waals surface area contributed by atoms with E-state index >= 15 is 0 Å². The first kappa shape index (κ1) is 13.1. The van der Waals surface area contributed by atoms with E-state index in [2.05, 4.69) is 37.9 Å². The van der Waals surface area contributed by atoms with Crippen molar-refractivity contribution < 1.29 is 4.79 Å². The third-order valence-electron chi connectivity index (χ3n) is 3.60. The minimum atomic E-state index is 0.647. The van der Waals surface area contributed by atoms with E-state index in [1.54, 1.807) is 11.3 Å². The predicted octanol–water partition coefficient (Wildman–Crippen LogP) is 4.11. The van der Waals surface area contributed by atoms with Gasteiger partial charge in [-0.15, -0.1) is 11.3 Å². The van der Waals surface area contributed by atoms with Crippen LogP contribution in [0.25, 0.3) is 16.2 Å². The molecule has 0 radical (unpaired) electrons. The van der Waals surface area contributed by atoms with Gasteiger partial charge in [0.15, 0.2) is 11.2 Å². The van der Waals surface area contributed by atoms with Crippen molar-refractivity contribution in [3.8, 4) is 11.3 Å². The molecule has 0 spiro atoms. The fourth-order valence-electron chi connectivity index (χ4n) is 2.87. The average molecular weight is 284 g/mol. The zero-order chi connectivity index (χ0) is 14.4. The molecule has 2 aromatic heterocycles. The number of benzene rings is 1. The van der Waals surface area contributed by atoms with E-state index in [9.17, 15) is 4.79 Å². The molecule has 102 valence electrons. The summed E-state index contributed by atoms with van der Waals surface area (Å²) in [6.07, 6.45) is 0.911. The maximum atomic E-state index is 11.6. The Morgan fingerprint density at radius 2 is 1.80 bits per heavy atom. The Hall–Kier alpha value is -1.94. The fraction of sp³-hybridized carbons (Fsp3) is 0.250. The van der Waals surface area contributed by atoms with Crippen LogP contribution in [0, 0.1) is 27.7 Å². The van der Waals surface area contributed by atoms with Crippen molar-refractivity contribution in [2.45, 2.75) is 27.7 Å². The first-order valence-electron chi connectivity index (χ1n) is 6.53. The lowest BCUT2D eigenvalue weighted by molar-refractivity contribution is 0.111. The molecule has 1 aromatic carbocycles. The lowest BCUT2D eigenvalue weighted by atomic mass is 9.96. The fourth-order valence-corrected chi connectivity index (χ4v) is 3.74. The lowest BCUT2D eigenvalue weighted by Gasteiger charge is -2.09. The molecule has 4 heteroatoms. The monoisotopic (exact) mass is 284 g/mol. The highest BCUT2D eigenvalue weighted by Gasteiger charge is 2.19. The summed E-state index contributed by atoms with van der Waals surface area (Å²) < 4.78 is 1.94. The molecule has 0 aliphatic heterocycles. The average Bonchev–Trinajstić information content (AvgIpc) is 2.88. The molecule has 20 heavy (non-hydrogen) atoms. The number of aldehydes is 1. The van der Waals surface area contributed by atoms with Crippen LogP contribution in [0.5, 0.6) is 0 Å². The summed E-state index contributed by atoms with van der Waals surface area (Å²) in [7, 11) is 0. The highest BCUT2D eigenvalue weighted by atomic mass is 32.1. The van der Waals surface area contributed by atoms with Crippen molar-refractivity contribution in [3.63, 3.8) is 0 Å². The first-order valence-corrected chi connectivity index (χ1v) is 7.41. The normalized spacial score (nSPS) is 11.2. The minimum Gasteiger partial charge on any atom is -0.296 e. The number of hydrogen-bond donors (Lipinski definition) is 0. The standard InChI is InChI=1S/C16H16N2OS/c1-9-5-10(2)14(11(3)6-9)15-13(7-19)18-12(4)8-20-16(18)17-15/h5-8H,1-4H3. The van der Waals surface area contributed by atoms with Crippen LogP contribution in [0.4, 0.5) is 0 Å². The van der Waals surface area contributed by atoms with Crippen LogP contribution in [-0.2, 0) is 0 Å². The van der Waals surface area contributed by atoms with Gasteiger partial charge >= 0.3 is 0 Å². The van der Waals surface area contributed by atoms with Crippen molar-refractivity contribution in [1.82, 2.24) is 9.38 Å². The number of aromatic nitrogens is 2. The zero-order valence-electron chi connectivity index (χ0n) is 12.0. The smallest absolute Gasteiger partial charge is 0.195 e. The molecule has 0 atom stereocenters. The van der Waals surface area contributed by atoms with E-state index in [0.29, 0.717) is 5.69 Å². The number of carbonyl (C=O) groups excluding carboxylic acids is 1. The predicted molar refractivity (Wildman–Crippen MR) is 82.8 cm³/mol. The molecule has 0 unspecified atom stereocenters. The van der Waals surface area contributed by atoms with Crippen LogP contribution >= 0.6 is 11.3 Å². The minimum absolute atomic E-state index is 0.647. The SMILES string of the molecule is Cc1cc(C)c(-c2nc3scc(C)n3c2C=O)c(C)c1. The van der Waals surface area contributed by atoms with E-state index in [-0.39, 0.29) is 0 Å². The van der Waals surface area contributed by atoms with Crippen molar-refractivity contribution in [2.75, 3.05) is 0 Å². The van der Waals surface area contributed by atoms with Crippen molar-refractivity contribution >= 4 is 22.6 Å². The van der Waals surface area contributed by atoms with Crippen molar-refractivity contribution in [1.29, 1.82) is 0 Å². The number of aryl methyl sites for hydroxylation is 4. The van der Waals surface area contributed by atoms with E-state index in [1.807, 2.05) is 16.7 Å². The van der Waals surface area contributed by atoms with Gasteiger partial charge in [0.2, 0.25) is 0 Å². The molecule has 0 aliphatic rings. The number of thiazole rings is 1. The third kappa shape index (κ3) is 1.79. The van der Waals surface area contributed by atoms with Crippen LogP contribution in [0.1, 0.15) is 32.9 Å². The number of nitrogens with zero attached hydrogens (tertiary/aromatic N) is 2. The molecule has 0 aliphatic carbocycles. The van der Waals surface area contributed by atoms with Gasteiger partial charge < -0.3 is 0 Å². The molecule has 3 rings (SSSR count). The van der Waals surface area contributed by atoms with Crippen LogP contribution in [0.15, 0.2) is 17.5 Å². The summed E-state index contributed by atoms with van der Waals surface area (Å²) in [4.78, 5) is 17.1. The number of carbonyl (C=O) groups is 1. The van der Waals surface area contributed by atoms with Gasteiger partial charge in [-0.3, -0.25) is 9.20 Å². The van der Waals surface area contributed by atoms with E-state index in [4.69, 9.17) is 0 Å². The van der Waals surface area contributed by atoms with Crippen molar-refractivity contribution in [2.24, 2.45) is 0 Å². The van der Waals surface area contributed by atoms with E-state index in [0.717, 1.165) is 39.3 Å². The molecule has 3 nitrogen and oxygen atoms in total. The van der Waals surface area contributed by atoms with Gasteiger partial charge in [-0.25, -0.2) is 4.98 Å². The molecular weight excluding hydrogens is 268 g/mol. The largest absolute Gasteiger partial charge is 0.296 e. The summed E-state index contributed by atoms with van der Waals surface area (Å²) >= 11 is 1.57. The van der Waals surface area contributed by atoms with E-state index in [1.165, 1.54) is 5.56 Å². The first-order chi connectivity index (χ1) is 9.52. The second kappa shape index (κ2) is 4.56. The molecular formula is C16H16N2OS. The van der Waals surface area contributed by atoms with Crippen LogP contribution < -0.4 is 0 Å². The molecule has 0 amide bonds. The number of hydrogen-bond acceptors (Lipinski definition) is 3. The van der Waals surface area contributed by atoms with E-state index < -0.39 is 0 Å². The number of fused-ring (bicyclic) bond motifs is 1. The quantitative estimate of drug-likeness (QED) is 0.664. The number of rotatable bonds is 2. The summed E-state index contributed by atoms with van der Waals surface area (Å²) in [5, 5.41) is 2.02. The van der Waals surface area contributed by atoms with Gasteiger partial charge in [-0.1, -0.05) is 17.7 Å². The van der Waals surface area contributed by atoms with Gasteiger partial charge in [0, 0.05) is 16.6 Å². The van der Waals surface area contributed by atoms with Gasteiger partial charge in [0.05, 0.1) is 0 Å². The Morgan fingerprint density at radius 3 is 2.40 bits per heavy atom. The summed E-state index contributed by atoms with van der Waals surface area (Å²) in [6.45, 7) is 8.23. The Labute approximate surface area is 121 Å². The zero-order valence-corrected chi connectivity index (χ0v) is 12.8.